The van der Waals surface area contributed by atoms with Crippen LogP contribution >= 0.6 is 0 Å². The summed E-state index contributed by atoms with van der Waals surface area (Å²) in [4.78, 5) is 11.6. The summed E-state index contributed by atoms with van der Waals surface area (Å²) in [5, 5.41) is 8.66. The van der Waals surface area contributed by atoms with Crippen LogP contribution in [0.15, 0.2) is 60.7 Å². The van der Waals surface area contributed by atoms with E-state index < -0.39 is 5.97 Å². The molecular weight excluding hydrogens is 268 g/mol. The van der Waals surface area contributed by atoms with Gasteiger partial charge in [0.05, 0.1) is 6.61 Å². The lowest BCUT2D eigenvalue weighted by Gasteiger charge is -2.03. The minimum atomic E-state index is -0.429. The molecule has 108 valence electrons. The fourth-order valence-corrected chi connectivity index (χ4v) is 1.64. The highest BCUT2D eigenvalue weighted by Gasteiger charge is 1.99. The highest BCUT2D eigenvalue weighted by molar-refractivity contribution is 5.88. The van der Waals surface area contributed by atoms with Crippen LogP contribution in [0.3, 0.4) is 0 Å². The molecule has 0 unspecified atom stereocenters. The van der Waals surface area contributed by atoms with Gasteiger partial charge in [-0.05, 0) is 35.9 Å². The lowest BCUT2D eigenvalue weighted by Crippen LogP contribution is -2.03. The van der Waals surface area contributed by atoms with Crippen LogP contribution in [0.2, 0.25) is 0 Å². The van der Waals surface area contributed by atoms with Crippen LogP contribution in [-0.2, 0) is 4.79 Å². The summed E-state index contributed by atoms with van der Waals surface area (Å²) in [6.45, 7) is 0.242. The zero-order chi connectivity index (χ0) is 14.9. The number of ether oxygens (including phenoxy) is 2. The SMILES string of the molecule is O=C(/C=C/c1ccc(OCCO)cc1)Oc1ccccc1. The van der Waals surface area contributed by atoms with Gasteiger partial charge in [0.1, 0.15) is 18.1 Å². The monoisotopic (exact) mass is 284 g/mol. The molecule has 0 heterocycles. The topological polar surface area (TPSA) is 55.8 Å². The zero-order valence-corrected chi connectivity index (χ0v) is 11.4. The summed E-state index contributed by atoms with van der Waals surface area (Å²) < 4.78 is 10.4. The Hall–Kier alpha value is -2.59. The van der Waals surface area contributed by atoms with Crippen molar-refractivity contribution in [3.8, 4) is 11.5 Å². The number of carbonyl (C=O) groups is 1. The maximum Gasteiger partial charge on any atom is 0.336 e. The van der Waals surface area contributed by atoms with Gasteiger partial charge in [0, 0.05) is 6.08 Å². The summed E-state index contributed by atoms with van der Waals surface area (Å²) in [7, 11) is 0. The second-order valence-electron chi connectivity index (χ2n) is 4.21. The zero-order valence-electron chi connectivity index (χ0n) is 11.4. The van der Waals surface area contributed by atoms with Gasteiger partial charge in [0.2, 0.25) is 0 Å². The number of carbonyl (C=O) groups excluding carboxylic acids is 1. The van der Waals surface area contributed by atoms with Gasteiger partial charge in [0.25, 0.3) is 0 Å². The van der Waals surface area contributed by atoms with Crippen molar-refractivity contribution in [2.75, 3.05) is 13.2 Å². The second-order valence-corrected chi connectivity index (χ2v) is 4.21. The first kappa shape index (κ1) is 14.8. The molecule has 0 amide bonds. The third kappa shape index (κ3) is 5.12. The molecule has 4 heteroatoms. The van der Waals surface area contributed by atoms with Gasteiger partial charge in [-0.25, -0.2) is 4.79 Å². The molecule has 0 bridgehead atoms. The number of hydrogen-bond donors (Lipinski definition) is 1. The highest BCUT2D eigenvalue weighted by atomic mass is 16.5. The van der Waals surface area contributed by atoms with Crippen molar-refractivity contribution in [2.45, 2.75) is 0 Å². The Bertz CT molecular complexity index is 588. The van der Waals surface area contributed by atoms with Crippen LogP contribution in [0.5, 0.6) is 11.5 Å². The molecule has 0 radical (unpaired) electrons. The average molecular weight is 284 g/mol. The van der Waals surface area contributed by atoms with E-state index in [0.29, 0.717) is 11.5 Å². The first-order valence-electron chi connectivity index (χ1n) is 6.56. The predicted octanol–water partition coefficient (Wildman–Crippen LogP) is 2.68. The normalized spacial score (nSPS) is 10.5. The Balaban J connectivity index is 1.89. The van der Waals surface area contributed by atoms with E-state index in [-0.39, 0.29) is 13.2 Å². The van der Waals surface area contributed by atoms with Gasteiger partial charge in [-0.1, -0.05) is 30.3 Å². The molecule has 0 saturated heterocycles. The Morgan fingerprint density at radius 3 is 2.38 bits per heavy atom. The summed E-state index contributed by atoms with van der Waals surface area (Å²) in [5.74, 6) is 0.759. The standard InChI is InChI=1S/C17H16O4/c18-12-13-20-15-9-6-14(7-10-15)8-11-17(19)21-16-4-2-1-3-5-16/h1-11,18H,12-13H2/b11-8+. The Kier molecular flexibility index (Phi) is 5.55. The van der Waals surface area contributed by atoms with E-state index in [2.05, 4.69) is 0 Å². The van der Waals surface area contributed by atoms with Crippen LogP contribution in [0.25, 0.3) is 6.08 Å². The quantitative estimate of drug-likeness (QED) is 0.503. The molecule has 21 heavy (non-hydrogen) atoms. The van der Waals surface area contributed by atoms with E-state index in [1.165, 1.54) is 6.08 Å². The molecule has 1 N–H and O–H groups in total. The molecule has 4 nitrogen and oxygen atoms in total. The number of para-hydroxylation sites is 1. The van der Waals surface area contributed by atoms with Crippen LogP contribution in [0, 0.1) is 0 Å². The molecule has 2 rings (SSSR count). The maximum absolute atomic E-state index is 11.6. The lowest BCUT2D eigenvalue weighted by molar-refractivity contribution is -0.128. The smallest absolute Gasteiger partial charge is 0.336 e. The third-order valence-electron chi connectivity index (χ3n) is 2.61. The van der Waals surface area contributed by atoms with E-state index in [1.54, 1.807) is 42.5 Å². The van der Waals surface area contributed by atoms with Crippen LogP contribution in [0.4, 0.5) is 0 Å². The minimum absolute atomic E-state index is 0.0209. The highest BCUT2D eigenvalue weighted by Crippen LogP contribution is 2.13. The summed E-state index contributed by atoms with van der Waals surface area (Å²) in [6.07, 6.45) is 3.04. The molecule has 0 fully saturated rings. The van der Waals surface area contributed by atoms with E-state index in [1.807, 2.05) is 18.2 Å². The number of aliphatic hydroxyl groups excluding tert-OH is 1. The van der Waals surface area contributed by atoms with Gasteiger partial charge >= 0.3 is 5.97 Å². The van der Waals surface area contributed by atoms with Crippen molar-refractivity contribution in [1.82, 2.24) is 0 Å². The lowest BCUT2D eigenvalue weighted by atomic mass is 10.2. The number of aliphatic hydroxyl groups is 1. The molecule has 0 aliphatic heterocycles. The molecule has 0 aromatic heterocycles. The largest absolute Gasteiger partial charge is 0.491 e. The predicted molar refractivity (Wildman–Crippen MR) is 80.1 cm³/mol. The Morgan fingerprint density at radius 1 is 1.00 bits per heavy atom. The molecular formula is C17H16O4. The summed E-state index contributed by atoms with van der Waals surface area (Å²) >= 11 is 0. The van der Waals surface area contributed by atoms with Gasteiger partial charge in [-0.15, -0.1) is 0 Å². The second kappa shape index (κ2) is 7.87. The van der Waals surface area contributed by atoms with Crippen molar-refractivity contribution in [2.24, 2.45) is 0 Å². The van der Waals surface area contributed by atoms with E-state index in [4.69, 9.17) is 14.6 Å². The van der Waals surface area contributed by atoms with E-state index in [9.17, 15) is 4.79 Å². The number of benzene rings is 2. The fraction of sp³-hybridized carbons (Fsp3) is 0.118. The van der Waals surface area contributed by atoms with E-state index >= 15 is 0 Å². The molecule has 0 aliphatic carbocycles. The van der Waals surface area contributed by atoms with Crippen LogP contribution in [-0.4, -0.2) is 24.3 Å². The summed E-state index contributed by atoms with van der Waals surface area (Å²) in [5.41, 5.74) is 0.858. The minimum Gasteiger partial charge on any atom is -0.491 e. The first-order chi connectivity index (χ1) is 10.3. The van der Waals surface area contributed by atoms with Gasteiger partial charge in [-0.2, -0.15) is 0 Å². The summed E-state index contributed by atoms with van der Waals surface area (Å²) in [6, 6.07) is 16.1. The fourth-order valence-electron chi connectivity index (χ4n) is 1.64. The van der Waals surface area contributed by atoms with Crippen LogP contribution < -0.4 is 9.47 Å². The van der Waals surface area contributed by atoms with Crippen molar-refractivity contribution in [3.05, 3.63) is 66.2 Å². The van der Waals surface area contributed by atoms with Crippen molar-refractivity contribution >= 4 is 12.0 Å². The number of rotatable bonds is 6. The van der Waals surface area contributed by atoms with Gasteiger partial charge < -0.3 is 14.6 Å². The Morgan fingerprint density at radius 2 is 1.71 bits per heavy atom. The van der Waals surface area contributed by atoms with Gasteiger partial charge in [0.15, 0.2) is 0 Å². The number of hydrogen-bond acceptors (Lipinski definition) is 4. The maximum atomic E-state index is 11.6. The molecule has 0 atom stereocenters. The Labute approximate surface area is 123 Å². The third-order valence-corrected chi connectivity index (χ3v) is 2.61. The molecule has 2 aromatic rings. The molecule has 0 aliphatic rings. The number of esters is 1. The molecule has 0 saturated carbocycles. The van der Waals surface area contributed by atoms with Crippen molar-refractivity contribution < 1.29 is 19.4 Å². The van der Waals surface area contributed by atoms with Crippen molar-refractivity contribution in [1.29, 1.82) is 0 Å². The van der Waals surface area contributed by atoms with Gasteiger partial charge in [-0.3, -0.25) is 0 Å². The molecule has 0 spiro atoms. The van der Waals surface area contributed by atoms with Crippen LogP contribution in [0.1, 0.15) is 5.56 Å². The molecule has 2 aromatic carbocycles. The van der Waals surface area contributed by atoms with E-state index in [0.717, 1.165) is 5.56 Å². The first-order valence-corrected chi connectivity index (χ1v) is 6.56. The average Bonchev–Trinajstić information content (AvgIpc) is 2.53. The van der Waals surface area contributed by atoms with Crippen molar-refractivity contribution in [3.63, 3.8) is 0 Å².